The molecule has 0 aliphatic carbocycles. The molecule has 1 aliphatic heterocycles. The summed E-state index contributed by atoms with van der Waals surface area (Å²) in [6.45, 7) is 1.37. The molecule has 1 aliphatic rings. The zero-order chi connectivity index (χ0) is 25.1. The molecule has 0 bridgehead atoms. The minimum atomic E-state index is -3.66. The van der Waals surface area contributed by atoms with E-state index in [1.165, 1.54) is 4.31 Å². The average Bonchev–Trinajstić information content (AvgIpc) is 3.36. The molecule has 36 heavy (non-hydrogen) atoms. The molecule has 1 fully saturated rings. The van der Waals surface area contributed by atoms with Crippen LogP contribution in [0.3, 0.4) is 0 Å². The van der Waals surface area contributed by atoms with Crippen molar-refractivity contribution in [2.24, 2.45) is 0 Å². The summed E-state index contributed by atoms with van der Waals surface area (Å²) in [7, 11) is -3.66. The number of benzene rings is 3. The largest absolute Gasteiger partial charge is 0.379 e. The Morgan fingerprint density at radius 1 is 0.944 bits per heavy atom. The summed E-state index contributed by atoms with van der Waals surface area (Å²) in [5, 5.41) is 5.29. The van der Waals surface area contributed by atoms with Gasteiger partial charge in [-0.3, -0.25) is 4.79 Å². The number of ether oxygens (including phenoxy) is 1. The maximum absolute atomic E-state index is 13.5. The molecule has 4 aromatic rings. The molecule has 5 rings (SSSR count). The second-order valence-corrected chi connectivity index (χ2v) is 10.8. The average molecular weight is 522 g/mol. The Labute approximate surface area is 214 Å². The SMILES string of the molecule is O=C(Cc1cccc(S(=O)(=O)N2CCOCC2)c1)c1cn(-c2ccccc2)nc1-c1ccc(Cl)cc1. The van der Waals surface area contributed by atoms with Crippen LogP contribution in [0.5, 0.6) is 0 Å². The molecular weight excluding hydrogens is 498 g/mol. The fourth-order valence-corrected chi connectivity index (χ4v) is 5.75. The molecule has 0 unspecified atom stereocenters. The van der Waals surface area contributed by atoms with Crippen LogP contribution in [0.4, 0.5) is 0 Å². The van der Waals surface area contributed by atoms with E-state index in [1.807, 2.05) is 42.5 Å². The number of hydrogen-bond acceptors (Lipinski definition) is 5. The molecule has 2 heterocycles. The number of Topliss-reactive ketones (excluding diaryl/α,β-unsaturated/α-hetero) is 1. The first kappa shape index (κ1) is 24.4. The van der Waals surface area contributed by atoms with E-state index in [9.17, 15) is 13.2 Å². The minimum Gasteiger partial charge on any atom is -0.379 e. The van der Waals surface area contributed by atoms with Gasteiger partial charge in [0.25, 0.3) is 0 Å². The van der Waals surface area contributed by atoms with Gasteiger partial charge >= 0.3 is 0 Å². The Bertz CT molecular complexity index is 1480. The normalized spacial score (nSPS) is 14.6. The highest BCUT2D eigenvalue weighted by molar-refractivity contribution is 7.89. The quantitative estimate of drug-likeness (QED) is 0.331. The van der Waals surface area contributed by atoms with Crippen LogP contribution < -0.4 is 0 Å². The van der Waals surface area contributed by atoms with Crippen molar-refractivity contribution in [1.82, 2.24) is 14.1 Å². The van der Waals surface area contributed by atoms with Crippen LogP contribution in [-0.2, 0) is 21.2 Å². The lowest BCUT2D eigenvalue weighted by Crippen LogP contribution is -2.40. The summed E-state index contributed by atoms with van der Waals surface area (Å²) in [5.41, 5.74) is 3.19. The Balaban J connectivity index is 1.47. The predicted octanol–water partition coefficient (Wildman–Crippen LogP) is 4.64. The third-order valence-electron chi connectivity index (χ3n) is 6.02. The molecule has 0 atom stereocenters. The van der Waals surface area contributed by atoms with Gasteiger partial charge in [-0.1, -0.05) is 54.1 Å². The molecule has 1 saturated heterocycles. The van der Waals surface area contributed by atoms with E-state index in [0.29, 0.717) is 48.1 Å². The molecule has 0 spiro atoms. The van der Waals surface area contributed by atoms with Crippen LogP contribution in [-0.4, -0.2) is 54.6 Å². The van der Waals surface area contributed by atoms with Crippen molar-refractivity contribution in [3.8, 4) is 16.9 Å². The van der Waals surface area contributed by atoms with Gasteiger partial charge in [-0.05, 0) is 42.0 Å². The number of morpholine rings is 1. The van der Waals surface area contributed by atoms with E-state index in [0.717, 1.165) is 11.3 Å². The Morgan fingerprint density at radius 3 is 2.39 bits per heavy atom. The highest BCUT2D eigenvalue weighted by Gasteiger charge is 2.27. The van der Waals surface area contributed by atoms with Crippen molar-refractivity contribution < 1.29 is 17.9 Å². The molecule has 7 nitrogen and oxygen atoms in total. The van der Waals surface area contributed by atoms with E-state index in [1.54, 1.807) is 47.3 Å². The van der Waals surface area contributed by atoms with Crippen LogP contribution in [0.25, 0.3) is 16.9 Å². The lowest BCUT2D eigenvalue weighted by atomic mass is 10.0. The smallest absolute Gasteiger partial charge is 0.243 e. The molecule has 9 heteroatoms. The number of hydrogen-bond donors (Lipinski definition) is 0. The topological polar surface area (TPSA) is 81.5 Å². The summed E-state index contributed by atoms with van der Waals surface area (Å²) >= 11 is 6.07. The molecule has 0 saturated carbocycles. The van der Waals surface area contributed by atoms with Crippen LogP contribution in [0.15, 0.2) is 90.0 Å². The molecule has 0 amide bonds. The van der Waals surface area contributed by atoms with E-state index < -0.39 is 10.0 Å². The van der Waals surface area contributed by atoms with Crippen LogP contribution in [0.1, 0.15) is 15.9 Å². The van der Waals surface area contributed by atoms with Crippen LogP contribution in [0.2, 0.25) is 5.02 Å². The van der Waals surface area contributed by atoms with E-state index in [2.05, 4.69) is 0 Å². The number of rotatable bonds is 7. The Kier molecular flexibility index (Phi) is 7.02. The van der Waals surface area contributed by atoms with Gasteiger partial charge < -0.3 is 4.74 Å². The number of aromatic nitrogens is 2. The standard InChI is InChI=1S/C27H24ClN3O4S/c28-22-11-9-21(10-12-22)27-25(19-31(29-27)23-6-2-1-3-7-23)26(32)18-20-5-4-8-24(17-20)36(33,34)30-13-15-35-16-14-30/h1-12,17,19H,13-16,18H2. The number of ketones is 1. The third kappa shape index (κ3) is 5.12. The van der Waals surface area contributed by atoms with E-state index in [4.69, 9.17) is 21.4 Å². The third-order valence-corrected chi connectivity index (χ3v) is 8.17. The molecule has 1 aromatic heterocycles. The maximum Gasteiger partial charge on any atom is 0.243 e. The molecule has 184 valence electrons. The van der Waals surface area contributed by atoms with Gasteiger partial charge in [-0.25, -0.2) is 13.1 Å². The van der Waals surface area contributed by atoms with Crippen molar-refractivity contribution >= 4 is 27.4 Å². The van der Waals surface area contributed by atoms with Gasteiger partial charge in [0.05, 0.1) is 29.4 Å². The lowest BCUT2D eigenvalue weighted by molar-refractivity contribution is 0.0730. The van der Waals surface area contributed by atoms with Crippen molar-refractivity contribution in [1.29, 1.82) is 0 Å². The van der Waals surface area contributed by atoms with Gasteiger partial charge in [-0.2, -0.15) is 9.40 Å². The molecule has 3 aromatic carbocycles. The zero-order valence-electron chi connectivity index (χ0n) is 19.4. The van der Waals surface area contributed by atoms with Crippen molar-refractivity contribution in [3.63, 3.8) is 0 Å². The first-order valence-corrected chi connectivity index (χ1v) is 13.3. The van der Waals surface area contributed by atoms with Gasteiger partial charge in [0.15, 0.2) is 5.78 Å². The number of carbonyl (C=O) groups excluding carboxylic acids is 1. The minimum absolute atomic E-state index is 0.0353. The number of sulfonamides is 1. The molecular formula is C27H24ClN3O4S. The second kappa shape index (κ2) is 10.4. The van der Waals surface area contributed by atoms with Gasteiger partial charge in [-0.15, -0.1) is 0 Å². The van der Waals surface area contributed by atoms with Crippen LogP contribution >= 0.6 is 11.6 Å². The monoisotopic (exact) mass is 521 g/mol. The van der Waals surface area contributed by atoms with Gasteiger partial charge in [0.1, 0.15) is 5.69 Å². The first-order chi connectivity index (χ1) is 17.4. The lowest BCUT2D eigenvalue weighted by Gasteiger charge is -2.26. The number of nitrogens with zero attached hydrogens (tertiary/aromatic N) is 3. The van der Waals surface area contributed by atoms with Gasteiger partial charge in [0.2, 0.25) is 10.0 Å². The summed E-state index contributed by atoms with van der Waals surface area (Å²) in [6.07, 6.45) is 1.75. The number of para-hydroxylation sites is 1. The van der Waals surface area contributed by atoms with Crippen LogP contribution in [0, 0.1) is 0 Å². The van der Waals surface area contributed by atoms with E-state index >= 15 is 0 Å². The second-order valence-electron chi connectivity index (χ2n) is 8.44. The number of carbonyl (C=O) groups is 1. The van der Waals surface area contributed by atoms with Gasteiger partial charge in [0, 0.05) is 36.3 Å². The number of halogens is 1. The summed E-state index contributed by atoms with van der Waals surface area (Å²) < 4.78 is 34.5. The highest BCUT2D eigenvalue weighted by Crippen LogP contribution is 2.27. The maximum atomic E-state index is 13.5. The summed E-state index contributed by atoms with van der Waals surface area (Å²) in [6, 6.07) is 23.3. The molecule has 0 radical (unpaired) electrons. The van der Waals surface area contributed by atoms with Crippen molar-refractivity contribution in [2.45, 2.75) is 11.3 Å². The molecule has 0 N–H and O–H groups in total. The zero-order valence-corrected chi connectivity index (χ0v) is 21.0. The van der Waals surface area contributed by atoms with E-state index in [-0.39, 0.29) is 17.1 Å². The Hall–Kier alpha value is -3.30. The highest BCUT2D eigenvalue weighted by atomic mass is 35.5. The fraction of sp³-hybridized carbons (Fsp3) is 0.185. The summed E-state index contributed by atoms with van der Waals surface area (Å²) in [4.78, 5) is 13.7. The fourth-order valence-electron chi connectivity index (χ4n) is 4.14. The first-order valence-electron chi connectivity index (χ1n) is 11.5. The van der Waals surface area contributed by atoms with Crippen molar-refractivity contribution in [2.75, 3.05) is 26.3 Å². The van der Waals surface area contributed by atoms with Crippen molar-refractivity contribution in [3.05, 3.63) is 101 Å². The summed E-state index contributed by atoms with van der Waals surface area (Å²) in [5.74, 6) is -0.164. The predicted molar refractivity (Wildman–Crippen MR) is 138 cm³/mol. The Morgan fingerprint density at radius 2 is 1.67 bits per heavy atom.